The molecule has 8 heteroatoms. The van der Waals surface area contributed by atoms with Gasteiger partial charge in [0.1, 0.15) is 0 Å². The maximum absolute atomic E-state index is 11.2. The molecule has 100 valence electrons. The van der Waals surface area contributed by atoms with Gasteiger partial charge in [-0.25, -0.2) is 18.2 Å². The van der Waals surface area contributed by atoms with Crippen LogP contribution in [-0.2, 0) is 16.3 Å². The monoisotopic (exact) mass is 290 g/mol. The summed E-state index contributed by atoms with van der Waals surface area (Å²) >= 11 is 1.33. The third-order valence-corrected chi connectivity index (χ3v) is 5.37. The highest BCUT2D eigenvalue weighted by atomic mass is 32.2. The molecule has 1 aromatic rings. The second-order valence-corrected chi connectivity index (χ2v) is 7.42. The van der Waals surface area contributed by atoms with Crippen LogP contribution in [0.25, 0.3) is 0 Å². The molecule has 1 saturated heterocycles. The number of sulfone groups is 1. The van der Waals surface area contributed by atoms with Crippen LogP contribution in [0.5, 0.6) is 0 Å². The Bertz CT molecular complexity index is 524. The molecular weight excluding hydrogens is 276 g/mol. The molecule has 2 rings (SSSR count). The third kappa shape index (κ3) is 3.50. The first-order valence-corrected chi connectivity index (χ1v) is 8.27. The van der Waals surface area contributed by atoms with E-state index in [1.807, 2.05) is 0 Å². The van der Waals surface area contributed by atoms with Gasteiger partial charge in [0, 0.05) is 31.4 Å². The van der Waals surface area contributed by atoms with Crippen molar-refractivity contribution in [1.82, 2.24) is 9.88 Å². The van der Waals surface area contributed by atoms with Gasteiger partial charge in [-0.3, -0.25) is 0 Å². The first-order chi connectivity index (χ1) is 8.46. The van der Waals surface area contributed by atoms with Crippen LogP contribution >= 0.6 is 11.3 Å². The molecule has 1 aliphatic rings. The molecule has 1 aromatic heterocycles. The van der Waals surface area contributed by atoms with Gasteiger partial charge in [0.15, 0.2) is 15.5 Å². The molecule has 0 atom stereocenters. The Morgan fingerprint density at radius 1 is 1.44 bits per heavy atom. The van der Waals surface area contributed by atoms with Gasteiger partial charge in [-0.05, 0) is 0 Å². The highest BCUT2D eigenvalue weighted by Crippen LogP contribution is 2.12. The van der Waals surface area contributed by atoms with E-state index in [2.05, 4.69) is 9.88 Å². The van der Waals surface area contributed by atoms with E-state index < -0.39 is 15.8 Å². The molecule has 0 radical (unpaired) electrons. The maximum atomic E-state index is 11.2. The second-order valence-electron chi connectivity index (χ2n) is 4.18. The highest BCUT2D eigenvalue weighted by molar-refractivity contribution is 7.91. The van der Waals surface area contributed by atoms with Gasteiger partial charge in [-0.1, -0.05) is 0 Å². The van der Waals surface area contributed by atoms with Crippen LogP contribution < -0.4 is 0 Å². The van der Waals surface area contributed by atoms with Gasteiger partial charge in [0.25, 0.3) is 0 Å². The van der Waals surface area contributed by atoms with E-state index in [9.17, 15) is 13.2 Å². The maximum Gasteiger partial charge on any atom is 0.355 e. The van der Waals surface area contributed by atoms with Crippen molar-refractivity contribution in [2.45, 2.75) is 6.42 Å². The second kappa shape index (κ2) is 5.33. The number of hydrogen-bond donors (Lipinski definition) is 1. The number of rotatable bonds is 4. The van der Waals surface area contributed by atoms with E-state index in [4.69, 9.17) is 5.11 Å². The molecule has 0 bridgehead atoms. The Hall–Kier alpha value is -0.990. The van der Waals surface area contributed by atoms with Crippen molar-refractivity contribution in [2.75, 3.05) is 31.1 Å². The number of aromatic carboxylic acids is 1. The largest absolute Gasteiger partial charge is 0.476 e. The molecule has 0 saturated carbocycles. The summed E-state index contributed by atoms with van der Waals surface area (Å²) in [5.74, 6) is -0.585. The number of carbonyl (C=O) groups is 1. The van der Waals surface area contributed by atoms with E-state index in [0.29, 0.717) is 19.5 Å². The van der Waals surface area contributed by atoms with Gasteiger partial charge in [0.2, 0.25) is 0 Å². The summed E-state index contributed by atoms with van der Waals surface area (Å²) in [6.45, 7) is 1.83. The number of aromatic nitrogens is 1. The van der Waals surface area contributed by atoms with Crippen molar-refractivity contribution in [3.63, 3.8) is 0 Å². The van der Waals surface area contributed by atoms with Crippen LogP contribution in [0.2, 0.25) is 0 Å². The lowest BCUT2D eigenvalue weighted by atomic mass is 10.4. The summed E-state index contributed by atoms with van der Waals surface area (Å²) in [7, 11) is -2.84. The lowest BCUT2D eigenvalue weighted by Gasteiger charge is -2.25. The molecule has 1 fully saturated rings. The summed E-state index contributed by atoms with van der Waals surface area (Å²) in [5.41, 5.74) is 0.0798. The molecule has 0 aromatic carbocycles. The average Bonchev–Trinajstić information content (AvgIpc) is 2.76. The molecular formula is C10H14N2O4S2. The highest BCUT2D eigenvalue weighted by Gasteiger charge is 2.21. The third-order valence-electron chi connectivity index (χ3n) is 2.85. The van der Waals surface area contributed by atoms with Crippen LogP contribution in [-0.4, -0.2) is 60.5 Å². The number of nitrogens with zero attached hydrogens (tertiary/aromatic N) is 2. The lowest BCUT2D eigenvalue weighted by Crippen LogP contribution is -2.41. The predicted molar refractivity (Wildman–Crippen MR) is 67.9 cm³/mol. The van der Waals surface area contributed by atoms with Gasteiger partial charge >= 0.3 is 5.97 Å². The van der Waals surface area contributed by atoms with E-state index in [0.717, 1.165) is 11.6 Å². The molecule has 1 aliphatic heterocycles. The van der Waals surface area contributed by atoms with Crippen LogP contribution in [0.4, 0.5) is 0 Å². The molecule has 2 heterocycles. The Kier molecular flexibility index (Phi) is 3.98. The number of hydrogen-bond acceptors (Lipinski definition) is 6. The molecule has 1 N–H and O–H groups in total. The van der Waals surface area contributed by atoms with Crippen molar-refractivity contribution in [3.05, 3.63) is 16.1 Å². The summed E-state index contributed by atoms with van der Waals surface area (Å²) in [6, 6.07) is 0. The average molecular weight is 290 g/mol. The van der Waals surface area contributed by atoms with Crippen molar-refractivity contribution in [1.29, 1.82) is 0 Å². The van der Waals surface area contributed by atoms with Crippen molar-refractivity contribution < 1.29 is 18.3 Å². The van der Waals surface area contributed by atoms with Crippen LogP contribution in [0.3, 0.4) is 0 Å². The predicted octanol–water partition coefficient (Wildman–Crippen LogP) is 0.114. The first-order valence-electron chi connectivity index (χ1n) is 5.57. The van der Waals surface area contributed by atoms with Gasteiger partial charge in [-0.2, -0.15) is 0 Å². The van der Waals surface area contributed by atoms with Crippen molar-refractivity contribution in [3.8, 4) is 0 Å². The van der Waals surface area contributed by atoms with Crippen molar-refractivity contribution >= 4 is 27.1 Å². The van der Waals surface area contributed by atoms with Gasteiger partial charge < -0.3 is 10.0 Å². The minimum atomic E-state index is -2.84. The topological polar surface area (TPSA) is 87.6 Å². The molecule has 0 amide bonds. The van der Waals surface area contributed by atoms with E-state index in [1.54, 1.807) is 0 Å². The summed E-state index contributed by atoms with van der Waals surface area (Å²) in [4.78, 5) is 16.7. The summed E-state index contributed by atoms with van der Waals surface area (Å²) in [5, 5.41) is 11.0. The summed E-state index contributed by atoms with van der Waals surface area (Å²) in [6.07, 6.45) is 0.665. The van der Waals surface area contributed by atoms with E-state index in [1.165, 1.54) is 16.7 Å². The first kappa shape index (κ1) is 13.4. The Labute approximate surface area is 109 Å². The molecule has 0 unspecified atom stereocenters. The fourth-order valence-corrected chi connectivity index (χ4v) is 3.79. The van der Waals surface area contributed by atoms with Gasteiger partial charge in [-0.15, -0.1) is 11.3 Å². The standard InChI is InChI=1S/C10H14N2O4S2/c13-10(14)8-7-17-9(11-8)1-2-12-3-5-18(15,16)6-4-12/h7H,1-6H2,(H,13,14). The normalized spacial score (nSPS) is 19.8. The number of carboxylic acids is 1. The molecule has 6 nitrogen and oxygen atoms in total. The quantitative estimate of drug-likeness (QED) is 0.847. The Morgan fingerprint density at radius 2 is 2.11 bits per heavy atom. The van der Waals surface area contributed by atoms with Crippen molar-refractivity contribution in [2.24, 2.45) is 0 Å². The van der Waals surface area contributed by atoms with Gasteiger partial charge in [0.05, 0.1) is 16.5 Å². The minimum Gasteiger partial charge on any atom is -0.476 e. The Balaban J connectivity index is 1.83. The molecule has 0 spiro atoms. The fraction of sp³-hybridized carbons (Fsp3) is 0.600. The lowest BCUT2D eigenvalue weighted by molar-refractivity contribution is 0.0691. The zero-order chi connectivity index (χ0) is 13.2. The van der Waals surface area contributed by atoms with Crippen LogP contribution in [0.15, 0.2) is 5.38 Å². The number of carboxylic acid groups (broad SMARTS) is 1. The SMILES string of the molecule is O=C(O)c1csc(CCN2CCS(=O)(=O)CC2)n1. The van der Waals surface area contributed by atoms with Crippen LogP contribution in [0, 0.1) is 0 Å². The minimum absolute atomic E-state index is 0.0798. The zero-order valence-electron chi connectivity index (χ0n) is 9.70. The smallest absolute Gasteiger partial charge is 0.355 e. The zero-order valence-corrected chi connectivity index (χ0v) is 11.3. The van der Waals surface area contributed by atoms with Crippen LogP contribution in [0.1, 0.15) is 15.5 Å². The van der Waals surface area contributed by atoms with E-state index >= 15 is 0 Å². The fourth-order valence-electron chi connectivity index (χ4n) is 1.75. The number of thiazole rings is 1. The van der Waals surface area contributed by atoms with E-state index in [-0.39, 0.29) is 17.2 Å². The summed E-state index contributed by atoms with van der Waals surface area (Å²) < 4.78 is 22.5. The Morgan fingerprint density at radius 3 is 2.67 bits per heavy atom. The molecule has 18 heavy (non-hydrogen) atoms. The molecule has 0 aliphatic carbocycles.